The highest BCUT2D eigenvalue weighted by Crippen LogP contribution is 2.15. The van der Waals surface area contributed by atoms with Gasteiger partial charge in [-0.05, 0) is 32.3 Å². The zero-order valence-corrected chi connectivity index (χ0v) is 14.7. The van der Waals surface area contributed by atoms with Gasteiger partial charge < -0.3 is 9.42 Å². The first kappa shape index (κ1) is 17.4. The van der Waals surface area contributed by atoms with E-state index < -0.39 is 0 Å². The smallest absolute Gasteiger partial charge is 0.240 e. The Hall–Kier alpha value is -1.92. The fourth-order valence-corrected chi connectivity index (χ4v) is 3.04. The first-order valence-electron chi connectivity index (χ1n) is 7.55. The van der Waals surface area contributed by atoms with Crippen molar-refractivity contribution in [3.63, 3.8) is 0 Å². The number of aryl methyl sites for hydroxylation is 1. The molecule has 1 unspecified atom stereocenters. The number of hydrogen-bond acceptors (Lipinski definition) is 5. The molecule has 0 bridgehead atoms. The fraction of sp³-hybridized carbons (Fsp3) is 0.412. The monoisotopic (exact) mass is 333 g/mol. The SMILES string of the molecule is C=CCN(Cc1cccs1)C(=O)C(C)N(C)Cc1cc(C)on1. The first-order chi connectivity index (χ1) is 11.0. The first-order valence-corrected chi connectivity index (χ1v) is 8.43. The Kier molecular flexibility index (Phi) is 6.12. The summed E-state index contributed by atoms with van der Waals surface area (Å²) in [6.45, 7) is 9.26. The van der Waals surface area contributed by atoms with Crippen LogP contribution in [0.1, 0.15) is 23.3 Å². The van der Waals surface area contributed by atoms with Crippen LogP contribution in [0, 0.1) is 6.92 Å². The molecule has 0 fully saturated rings. The van der Waals surface area contributed by atoms with E-state index in [-0.39, 0.29) is 11.9 Å². The van der Waals surface area contributed by atoms with Crippen LogP contribution in [0.3, 0.4) is 0 Å². The Morgan fingerprint density at radius 1 is 1.52 bits per heavy atom. The second kappa shape index (κ2) is 8.08. The number of hydrogen-bond donors (Lipinski definition) is 0. The van der Waals surface area contributed by atoms with Crippen molar-refractivity contribution in [2.75, 3.05) is 13.6 Å². The summed E-state index contributed by atoms with van der Waals surface area (Å²) in [5, 5.41) is 6.01. The van der Waals surface area contributed by atoms with Crippen molar-refractivity contribution < 1.29 is 9.32 Å². The number of nitrogens with zero attached hydrogens (tertiary/aromatic N) is 3. The molecular weight excluding hydrogens is 310 g/mol. The Labute approximate surface area is 141 Å². The van der Waals surface area contributed by atoms with Gasteiger partial charge in [-0.1, -0.05) is 17.3 Å². The van der Waals surface area contributed by atoms with Gasteiger partial charge in [-0.3, -0.25) is 9.69 Å². The summed E-state index contributed by atoms with van der Waals surface area (Å²) in [5.41, 5.74) is 0.832. The Morgan fingerprint density at radius 2 is 2.30 bits per heavy atom. The van der Waals surface area contributed by atoms with E-state index in [2.05, 4.69) is 11.7 Å². The average molecular weight is 333 g/mol. The summed E-state index contributed by atoms with van der Waals surface area (Å²) in [4.78, 5) is 17.8. The molecule has 0 aliphatic rings. The predicted octanol–water partition coefficient (Wildman–Crippen LogP) is 3.08. The molecule has 2 heterocycles. The van der Waals surface area contributed by atoms with Gasteiger partial charge in [0.05, 0.1) is 18.3 Å². The number of rotatable bonds is 8. The molecule has 0 spiro atoms. The number of carbonyl (C=O) groups is 1. The van der Waals surface area contributed by atoms with Gasteiger partial charge in [-0.2, -0.15) is 0 Å². The van der Waals surface area contributed by atoms with Gasteiger partial charge in [0.15, 0.2) is 0 Å². The van der Waals surface area contributed by atoms with Crippen LogP contribution in [0.15, 0.2) is 40.8 Å². The normalized spacial score (nSPS) is 12.3. The molecule has 2 aromatic heterocycles. The highest BCUT2D eigenvalue weighted by atomic mass is 32.1. The minimum Gasteiger partial charge on any atom is -0.361 e. The number of aromatic nitrogens is 1. The van der Waals surface area contributed by atoms with Crippen molar-refractivity contribution >= 4 is 17.2 Å². The number of likely N-dealkylation sites (N-methyl/N-ethyl adjacent to an activating group) is 1. The number of amides is 1. The van der Waals surface area contributed by atoms with E-state index in [0.717, 1.165) is 11.5 Å². The summed E-state index contributed by atoms with van der Waals surface area (Å²) in [6, 6.07) is 5.69. The Balaban J connectivity index is 2.00. The van der Waals surface area contributed by atoms with Gasteiger partial charge in [-0.25, -0.2) is 0 Å². The summed E-state index contributed by atoms with van der Waals surface area (Å²) < 4.78 is 5.08. The molecule has 0 aromatic carbocycles. The van der Waals surface area contributed by atoms with Gasteiger partial charge in [0.25, 0.3) is 0 Å². The lowest BCUT2D eigenvalue weighted by Gasteiger charge is -2.29. The van der Waals surface area contributed by atoms with Crippen LogP contribution >= 0.6 is 11.3 Å². The second-order valence-corrected chi connectivity index (χ2v) is 6.64. The third-order valence-corrected chi connectivity index (χ3v) is 4.56. The maximum atomic E-state index is 12.8. The van der Waals surface area contributed by atoms with Crippen LogP contribution in [0.2, 0.25) is 0 Å². The van der Waals surface area contributed by atoms with E-state index in [1.807, 2.05) is 54.3 Å². The van der Waals surface area contributed by atoms with Crippen molar-refractivity contribution in [2.45, 2.75) is 33.0 Å². The third-order valence-electron chi connectivity index (χ3n) is 3.69. The Bertz CT molecular complexity index is 636. The molecule has 0 N–H and O–H groups in total. The minimum atomic E-state index is -0.244. The third kappa shape index (κ3) is 4.77. The molecule has 0 aliphatic heterocycles. The lowest BCUT2D eigenvalue weighted by Crippen LogP contribution is -2.45. The molecule has 0 saturated heterocycles. The van der Waals surface area contributed by atoms with Crippen molar-refractivity contribution in [1.82, 2.24) is 15.0 Å². The number of thiophene rings is 1. The van der Waals surface area contributed by atoms with E-state index in [1.165, 1.54) is 4.88 Å². The minimum absolute atomic E-state index is 0.0843. The molecule has 0 saturated carbocycles. The fourth-order valence-electron chi connectivity index (χ4n) is 2.32. The predicted molar refractivity (Wildman–Crippen MR) is 92.1 cm³/mol. The van der Waals surface area contributed by atoms with Crippen molar-refractivity contribution in [2.24, 2.45) is 0 Å². The maximum Gasteiger partial charge on any atom is 0.240 e. The highest BCUT2D eigenvalue weighted by Gasteiger charge is 2.24. The molecule has 124 valence electrons. The maximum absolute atomic E-state index is 12.8. The topological polar surface area (TPSA) is 49.6 Å². The van der Waals surface area contributed by atoms with E-state index >= 15 is 0 Å². The standard InChI is InChI=1S/C17H23N3O2S/c1-5-8-20(12-16-7-6-9-23-16)17(21)14(3)19(4)11-15-10-13(2)22-18-15/h5-7,9-10,14H,1,8,11-12H2,2-4H3. The molecule has 2 aromatic rings. The van der Waals surface area contributed by atoms with E-state index in [4.69, 9.17) is 4.52 Å². The molecule has 6 heteroatoms. The van der Waals surface area contributed by atoms with E-state index in [0.29, 0.717) is 19.6 Å². The molecular formula is C17H23N3O2S. The van der Waals surface area contributed by atoms with Crippen molar-refractivity contribution in [1.29, 1.82) is 0 Å². The summed E-state index contributed by atoms with van der Waals surface area (Å²) in [6.07, 6.45) is 1.76. The van der Waals surface area contributed by atoms with Crippen LogP contribution < -0.4 is 0 Å². The molecule has 23 heavy (non-hydrogen) atoms. The summed E-state index contributed by atoms with van der Waals surface area (Å²) >= 11 is 1.66. The summed E-state index contributed by atoms with van der Waals surface area (Å²) in [5.74, 6) is 0.861. The quantitative estimate of drug-likeness (QED) is 0.697. The lowest BCUT2D eigenvalue weighted by atomic mass is 10.2. The van der Waals surface area contributed by atoms with Gasteiger partial charge in [-0.15, -0.1) is 17.9 Å². The zero-order valence-electron chi connectivity index (χ0n) is 13.9. The lowest BCUT2D eigenvalue weighted by molar-refractivity contribution is -0.136. The van der Waals surface area contributed by atoms with Crippen LogP contribution in [-0.4, -0.2) is 40.5 Å². The Morgan fingerprint density at radius 3 is 2.87 bits per heavy atom. The zero-order chi connectivity index (χ0) is 16.8. The molecule has 0 radical (unpaired) electrons. The second-order valence-electron chi connectivity index (χ2n) is 5.61. The highest BCUT2D eigenvalue weighted by molar-refractivity contribution is 7.09. The number of carbonyl (C=O) groups excluding carboxylic acids is 1. The van der Waals surface area contributed by atoms with Gasteiger partial charge in [0.2, 0.25) is 5.91 Å². The van der Waals surface area contributed by atoms with Crippen molar-refractivity contribution in [3.8, 4) is 0 Å². The average Bonchev–Trinajstić information content (AvgIpc) is 3.17. The molecule has 5 nitrogen and oxygen atoms in total. The van der Waals surface area contributed by atoms with E-state index in [1.54, 1.807) is 17.4 Å². The summed E-state index contributed by atoms with van der Waals surface area (Å²) in [7, 11) is 1.92. The van der Waals surface area contributed by atoms with Gasteiger partial charge in [0.1, 0.15) is 5.76 Å². The van der Waals surface area contributed by atoms with Crippen LogP contribution in [0.25, 0.3) is 0 Å². The van der Waals surface area contributed by atoms with Crippen molar-refractivity contribution in [3.05, 3.63) is 52.6 Å². The van der Waals surface area contributed by atoms with Crippen LogP contribution in [0.4, 0.5) is 0 Å². The van der Waals surface area contributed by atoms with Gasteiger partial charge in [0, 0.05) is 24.0 Å². The van der Waals surface area contributed by atoms with E-state index in [9.17, 15) is 4.79 Å². The molecule has 0 aliphatic carbocycles. The largest absolute Gasteiger partial charge is 0.361 e. The molecule has 1 atom stereocenters. The van der Waals surface area contributed by atoms with Gasteiger partial charge >= 0.3 is 0 Å². The molecule has 1 amide bonds. The molecule has 2 rings (SSSR count). The van der Waals surface area contributed by atoms with Crippen LogP contribution in [0.5, 0.6) is 0 Å². The van der Waals surface area contributed by atoms with Crippen LogP contribution in [-0.2, 0) is 17.9 Å².